The number of nitrogens with zero attached hydrogens (tertiary/aromatic N) is 6. The molecule has 3 aliphatic rings. The molecule has 2 aromatic carbocycles. The zero-order chi connectivity index (χ0) is 36.3. The molecule has 3 aromatic rings. The summed E-state index contributed by atoms with van der Waals surface area (Å²) in [6, 6.07) is 16.0. The minimum atomic E-state index is -0.575. The number of halogens is 1. The minimum absolute atomic E-state index is 0.00407. The predicted octanol–water partition coefficient (Wildman–Crippen LogP) is 4.84. The van der Waals surface area contributed by atoms with Crippen molar-refractivity contribution >= 4 is 41.1 Å². The van der Waals surface area contributed by atoms with Crippen LogP contribution in [-0.2, 0) is 9.59 Å². The largest absolute Gasteiger partial charge is 0.488 e. The number of aryl methyl sites for hydroxylation is 1. The lowest BCUT2D eigenvalue weighted by Crippen LogP contribution is -2.43. The first kappa shape index (κ1) is 35.6. The van der Waals surface area contributed by atoms with E-state index in [1.807, 2.05) is 56.0 Å². The van der Waals surface area contributed by atoms with Crippen LogP contribution in [0.25, 0.3) is 5.57 Å². The highest BCUT2D eigenvalue weighted by Gasteiger charge is 2.51. The summed E-state index contributed by atoms with van der Waals surface area (Å²) in [4.78, 5) is 45.7. The summed E-state index contributed by atoms with van der Waals surface area (Å²) in [7, 11) is 1.64. The van der Waals surface area contributed by atoms with Gasteiger partial charge in [0.05, 0.1) is 29.5 Å². The molecule has 0 saturated carbocycles. The van der Waals surface area contributed by atoms with Crippen LogP contribution in [0.5, 0.6) is 5.75 Å². The van der Waals surface area contributed by atoms with Crippen molar-refractivity contribution in [3.8, 4) is 5.75 Å². The summed E-state index contributed by atoms with van der Waals surface area (Å²) < 4.78 is 20.3. The number of benzene rings is 2. The van der Waals surface area contributed by atoms with Gasteiger partial charge in [0.15, 0.2) is 11.6 Å². The van der Waals surface area contributed by atoms with Crippen molar-refractivity contribution in [2.24, 2.45) is 21.1 Å². The van der Waals surface area contributed by atoms with Gasteiger partial charge < -0.3 is 15.4 Å². The van der Waals surface area contributed by atoms with Crippen LogP contribution in [-0.4, -0.2) is 96.9 Å². The minimum Gasteiger partial charge on any atom is -0.488 e. The number of aliphatic imine (C=N–C) groups is 2. The molecule has 3 aliphatic heterocycles. The number of ether oxygens (including phenoxy) is 1. The molecule has 6 rings (SSSR count). The predicted molar refractivity (Wildman–Crippen MR) is 198 cm³/mol. The van der Waals surface area contributed by atoms with Gasteiger partial charge in [0.25, 0.3) is 0 Å². The second-order valence-corrected chi connectivity index (χ2v) is 13.8. The van der Waals surface area contributed by atoms with E-state index in [2.05, 4.69) is 21.0 Å². The number of likely N-dealkylation sites (tertiary alicyclic amines) is 1. The molecule has 3 N–H and O–H groups in total. The smallest absolute Gasteiger partial charge is 0.237 e. The average molecular weight is 693 g/mol. The Labute approximate surface area is 298 Å². The van der Waals surface area contributed by atoms with Gasteiger partial charge in [-0.05, 0) is 87.5 Å². The second kappa shape index (κ2) is 14.9. The van der Waals surface area contributed by atoms with Gasteiger partial charge in [-0.15, -0.1) is 0 Å². The molecule has 1 atom stereocenters. The number of nitrogens with one attached hydrogen (secondary N) is 1. The van der Waals surface area contributed by atoms with Crippen LogP contribution < -0.4 is 15.4 Å². The number of hydrogen-bond acceptors (Lipinski definition) is 7. The molecule has 2 fully saturated rings. The normalized spacial score (nSPS) is 19.8. The van der Waals surface area contributed by atoms with Crippen LogP contribution in [0, 0.1) is 23.6 Å². The van der Waals surface area contributed by atoms with Gasteiger partial charge >= 0.3 is 0 Å². The molecule has 2 saturated heterocycles. The number of aromatic nitrogens is 1. The quantitative estimate of drug-likeness (QED) is 0.230. The number of carbonyl (C=O) groups excluding carboxylic acids is 2. The van der Waals surface area contributed by atoms with E-state index in [1.165, 1.54) is 24.0 Å². The highest BCUT2D eigenvalue weighted by atomic mass is 19.1. The molecule has 12 heteroatoms. The van der Waals surface area contributed by atoms with E-state index in [0.717, 1.165) is 23.1 Å². The highest BCUT2D eigenvalue weighted by Crippen LogP contribution is 2.42. The Bertz CT molecular complexity index is 1920. The van der Waals surface area contributed by atoms with E-state index in [9.17, 15) is 14.0 Å². The standard InChI is InChI=1S/C39H45FN8O3/c1-25(2)51-32-11-10-30(21-31(32)40)35(41)36-26(3)5-12-33(45-36)48-20-16-39(38(48)50)15-19-46(23-39)22-34(49)47-17-13-28(14-18-47)27-6-8-29(9-7-27)37(42)44-24-43-4/h5-13,21,24-25,41H,14-20,22-23H2,1-4H3,(H2,42,43,44)/t39-/m0/s1. The molecule has 1 aromatic heterocycles. The Morgan fingerprint density at radius 1 is 1.10 bits per heavy atom. The van der Waals surface area contributed by atoms with Gasteiger partial charge in [0, 0.05) is 44.4 Å². The van der Waals surface area contributed by atoms with Crippen LogP contribution >= 0.6 is 0 Å². The van der Waals surface area contributed by atoms with E-state index in [0.29, 0.717) is 68.5 Å². The highest BCUT2D eigenvalue weighted by molar-refractivity contribution is 6.11. The molecule has 0 aliphatic carbocycles. The zero-order valence-electron chi connectivity index (χ0n) is 29.7. The van der Waals surface area contributed by atoms with Crippen molar-refractivity contribution in [2.45, 2.75) is 46.1 Å². The van der Waals surface area contributed by atoms with Crippen molar-refractivity contribution < 1.29 is 18.7 Å². The molecule has 11 nitrogen and oxygen atoms in total. The lowest BCUT2D eigenvalue weighted by molar-refractivity contribution is -0.132. The molecular weight excluding hydrogens is 647 g/mol. The third-order valence-corrected chi connectivity index (χ3v) is 9.91. The van der Waals surface area contributed by atoms with E-state index in [4.69, 9.17) is 20.9 Å². The maximum atomic E-state index is 14.8. The molecule has 2 amide bonds. The lowest BCUT2D eigenvalue weighted by Gasteiger charge is -2.29. The third-order valence-electron chi connectivity index (χ3n) is 9.91. The maximum absolute atomic E-state index is 14.8. The summed E-state index contributed by atoms with van der Waals surface area (Å²) in [5, 5.41) is 8.84. The van der Waals surface area contributed by atoms with E-state index in [1.54, 1.807) is 24.1 Å². The van der Waals surface area contributed by atoms with Gasteiger partial charge in [-0.1, -0.05) is 36.4 Å². The van der Waals surface area contributed by atoms with Crippen LogP contribution in [0.2, 0.25) is 0 Å². The number of amides is 2. The summed E-state index contributed by atoms with van der Waals surface area (Å²) in [6.45, 7) is 8.63. The summed E-state index contributed by atoms with van der Waals surface area (Å²) in [6.07, 6.45) is 5.45. The fourth-order valence-corrected chi connectivity index (χ4v) is 7.07. The number of rotatable bonds is 10. The van der Waals surface area contributed by atoms with E-state index in [-0.39, 0.29) is 35.9 Å². The molecule has 0 radical (unpaired) electrons. The second-order valence-electron chi connectivity index (χ2n) is 13.8. The Hall–Kier alpha value is -5.23. The number of carbonyl (C=O) groups is 2. The molecular formula is C39H45FN8O3. The van der Waals surface area contributed by atoms with Crippen LogP contribution in [0.15, 0.2) is 70.7 Å². The Kier molecular flexibility index (Phi) is 10.4. The molecule has 4 heterocycles. The van der Waals surface area contributed by atoms with Gasteiger partial charge in [0.1, 0.15) is 18.0 Å². The molecule has 0 unspecified atom stereocenters. The number of nitrogens with two attached hydrogens (primary N) is 1. The topological polar surface area (TPSA) is 141 Å². The first-order chi connectivity index (χ1) is 24.5. The van der Waals surface area contributed by atoms with Gasteiger partial charge in [-0.25, -0.2) is 14.4 Å². The van der Waals surface area contributed by atoms with E-state index >= 15 is 0 Å². The number of anilines is 1. The SMILES string of the molecule is CN=CN=C(N)c1ccc(C2=CCN(C(=O)CN3CC[C@]4(CCN(c5ccc(C)c(C(=N)c6ccc(OC(C)C)c(F)c6)n5)C4=O)C3)CC2)cc1. The molecule has 51 heavy (non-hydrogen) atoms. The molecule has 266 valence electrons. The lowest BCUT2D eigenvalue weighted by atomic mass is 9.85. The first-order valence-corrected chi connectivity index (χ1v) is 17.4. The summed E-state index contributed by atoms with van der Waals surface area (Å²) in [5.41, 5.74) is 10.2. The van der Waals surface area contributed by atoms with Gasteiger partial charge in [0.2, 0.25) is 11.8 Å². The Balaban J connectivity index is 1.06. The van der Waals surface area contributed by atoms with Gasteiger partial charge in [-0.2, -0.15) is 0 Å². The van der Waals surface area contributed by atoms with Crippen molar-refractivity contribution in [3.63, 3.8) is 0 Å². The fourth-order valence-electron chi connectivity index (χ4n) is 7.07. The van der Waals surface area contributed by atoms with Crippen LogP contribution in [0.1, 0.15) is 61.1 Å². The Morgan fingerprint density at radius 3 is 2.53 bits per heavy atom. The average Bonchev–Trinajstić information content (AvgIpc) is 3.69. The molecule has 0 bridgehead atoms. The van der Waals surface area contributed by atoms with Gasteiger partial charge in [-0.3, -0.25) is 29.8 Å². The van der Waals surface area contributed by atoms with Crippen LogP contribution in [0.3, 0.4) is 0 Å². The number of amidine groups is 1. The fraction of sp³-hybridized carbons (Fsp3) is 0.385. The van der Waals surface area contributed by atoms with Crippen molar-refractivity contribution in [3.05, 3.63) is 94.4 Å². The first-order valence-electron chi connectivity index (χ1n) is 17.4. The zero-order valence-corrected chi connectivity index (χ0v) is 29.7. The van der Waals surface area contributed by atoms with Crippen molar-refractivity contribution in [1.82, 2.24) is 14.8 Å². The summed E-state index contributed by atoms with van der Waals surface area (Å²) >= 11 is 0. The van der Waals surface area contributed by atoms with Crippen LogP contribution in [0.4, 0.5) is 10.2 Å². The third kappa shape index (κ3) is 7.61. The molecule has 1 spiro atoms. The summed E-state index contributed by atoms with van der Waals surface area (Å²) in [5.74, 6) is 0.534. The maximum Gasteiger partial charge on any atom is 0.237 e. The monoisotopic (exact) mass is 692 g/mol. The number of hydrogen-bond donors (Lipinski definition) is 2. The number of pyridine rings is 1. The van der Waals surface area contributed by atoms with Crippen molar-refractivity contribution in [2.75, 3.05) is 51.2 Å². The van der Waals surface area contributed by atoms with E-state index < -0.39 is 11.2 Å². The Morgan fingerprint density at radius 2 is 1.84 bits per heavy atom. The van der Waals surface area contributed by atoms with Crippen molar-refractivity contribution in [1.29, 1.82) is 5.41 Å².